The number of benzene rings is 3. The Balaban J connectivity index is 1.48. The van der Waals surface area contributed by atoms with E-state index in [2.05, 4.69) is 10.3 Å². The Morgan fingerprint density at radius 3 is 2.29 bits per heavy atom. The predicted octanol–water partition coefficient (Wildman–Crippen LogP) is 4.08. The van der Waals surface area contributed by atoms with E-state index in [0.717, 1.165) is 22.6 Å². The van der Waals surface area contributed by atoms with Crippen LogP contribution in [0.4, 0.5) is 5.69 Å². The van der Waals surface area contributed by atoms with Gasteiger partial charge in [0.25, 0.3) is 5.91 Å². The molecule has 4 rings (SSSR count). The summed E-state index contributed by atoms with van der Waals surface area (Å²) in [4.78, 5) is 17.1. The predicted molar refractivity (Wildman–Crippen MR) is 133 cm³/mol. The molecular formula is C26H26N4O3S. The number of hydrogen-bond acceptors (Lipinski definition) is 4. The van der Waals surface area contributed by atoms with E-state index in [1.165, 1.54) is 10.6 Å². The monoisotopic (exact) mass is 474 g/mol. The van der Waals surface area contributed by atoms with Crippen LogP contribution < -0.4 is 9.62 Å². The van der Waals surface area contributed by atoms with Gasteiger partial charge in [-0.3, -0.25) is 9.10 Å². The average Bonchev–Trinajstić information content (AvgIpc) is 3.27. The van der Waals surface area contributed by atoms with Crippen LogP contribution in [0, 0.1) is 6.92 Å². The van der Waals surface area contributed by atoms with E-state index in [1.54, 1.807) is 30.5 Å². The van der Waals surface area contributed by atoms with E-state index in [-0.39, 0.29) is 12.5 Å². The van der Waals surface area contributed by atoms with Crippen molar-refractivity contribution in [1.82, 2.24) is 14.9 Å². The highest BCUT2D eigenvalue weighted by Gasteiger charge is 2.18. The van der Waals surface area contributed by atoms with Crippen LogP contribution in [0.15, 0.2) is 91.3 Å². The van der Waals surface area contributed by atoms with Gasteiger partial charge in [0.05, 0.1) is 24.2 Å². The van der Waals surface area contributed by atoms with Crippen LogP contribution in [-0.2, 0) is 23.1 Å². The molecule has 1 amide bonds. The summed E-state index contributed by atoms with van der Waals surface area (Å²) in [7, 11) is -3.50. The van der Waals surface area contributed by atoms with Crippen LogP contribution in [0.2, 0.25) is 0 Å². The quantitative estimate of drug-likeness (QED) is 0.417. The lowest BCUT2D eigenvalue weighted by molar-refractivity contribution is 0.0951. The summed E-state index contributed by atoms with van der Waals surface area (Å²) in [5.41, 5.74) is 3.75. The van der Waals surface area contributed by atoms with Crippen molar-refractivity contribution in [2.75, 3.05) is 10.6 Å². The van der Waals surface area contributed by atoms with Crippen molar-refractivity contribution in [1.29, 1.82) is 0 Å². The van der Waals surface area contributed by atoms with E-state index in [9.17, 15) is 13.2 Å². The first kappa shape index (κ1) is 23.3. The van der Waals surface area contributed by atoms with Gasteiger partial charge in [0, 0.05) is 24.5 Å². The zero-order valence-electron chi connectivity index (χ0n) is 19.0. The van der Waals surface area contributed by atoms with Gasteiger partial charge in [-0.1, -0.05) is 48.5 Å². The lowest BCUT2D eigenvalue weighted by Crippen LogP contribution is -2.29. The lowest BCUT2D eigenvalue weighted by atomic mass is 10.1. The van der Waals surface area contributed by atoms with Gasteiger partial charge >= 0.3 is 0 Å². The van der Waals surface area contributed by atoms with Gasteiger partial charge in [-0.2, -0.15) is 0 Å². The Bertz CT molecular complexity index is 1380. The van der Waals surface area contributed by atoms with E-state index >= 15 is 0 Å². The molecule has 0 radical (unpaired) electrons. The van der Waals surface area contributed by atoms with Gasteiger partial charge in [0.15, 0.2) is 0 Å². The molecule has 34 heavy (non-hydrogen) atoms. The Hall–Kier alpha value is -3.91. The average molecular weight is 475 g/mol. The van der Waals surface area contributed by atoms with Gasteiger partial charge in [0.1, 0.15) is 5.82 Å². The van der Waals surface area contributed by atoms with Crippen molar-refractivity contribution in [2.24, 2.45) is 0 Å². The number of hydrogen-bond donors (Lipinski definition) is 1. The first-order valence-corrected chi connectivity index (χ1v) is 12.7. The number of imidazole rings is 1. The summed E-state index contributed by atoms with van der Waals surface area (Å²) in [6.45, 7) is 2.49. The Labute approximate surface area is 199 Å². The zero-order valence-corrected chi connectivity index (χ0v) is 19.9. The SMILES string of the molecule is Cc1nccn1-c1ccccc1CNC(=O)c1ccc(N(Cc2ccccc2)S(C)(=O)=O)cc1. The minimum atomic E-state index is -3.50. The summed E-state index contributed by atoms with van der Waals surface area (Å²) in [6.07, 6.45) is 4.80. The smallest absolute Gasteiger partial charge is 0.251 e. The number of anilines is 1. The number of sulfonamides is 1. The molecule has 0 spiro atoms. The fourth-order valence-corrected chi connectivity index (χ4v) is 4.62. The van der Waals surface area contributed by atoms with Crippen molar-refractivity contribution in [2.45, 2.75) is 20.0 Å². The number of carbonyl (C=O) groups is 1. The maximum atomic E-state index is 12.8. The molecule has 8 heteroatoms. The maximum absolute atomic E-state index is 12.8. The van der Waals surface area contributed by atoms with Crippen LogP contribution in [0.1, 0.15) is 27.3 Å². The largest absolute Gasteiger partial charge is 0.348 e. The summed E-state index contributed by atoms with van der Waals surface area (Å²) < 4.78 is 28.1. The van der Waals surface area contributed by atoms with Crippen LogP contribution >= 0.6 is 0 Å². The normalized spacial score (nSPS) is 11.2. The van der Waals surface area contributed by atoms with Gasteiger partial charge in [-0.15, -0.1) is 0 Å². The minimum Gasteiger partial charge on any atom is -0.348 e. The maximum Gasteiger partial charge on any atom is 0.251 e. The molecule has 1 aromatic heterocycles. The molecule has 174 valence electrons. The van der Waals surface area contributed by atoms with Crippen LogP contribution in [0.3, 0.4) is 0 Å². The third-order valence-corrected chi connectivity index (χ3v) is 6.64. The molecule has 1 N–H and O–H groups in total. The van der Waals surface area contributed by atoms with E-state index in [0.29, 0.717) is 17.8 Å². The number of nitrogens with one attached hydrogen (secondary N) is 1. The molecule has 0 fully saturated rings. The van der Waals surface area contributed by atoms with Crippen molar-refractivity contribution < 1.29 is 13.2 Å². The molecule has 0 atom stereocenters. The van der Waals surface area contributed by atoms with Gasteiger partial charge in [-0.25, -0.2) is 13.4 Å². The second-order valence-electron chi connectivity index (χ2n) is 7.96. The highest BCUT2D eigenvalue weighted by atomic mass is 32.2. The number of nitrogens with zero attached hydrogens (tertiary/aromatic N) is 3. The zero-order chi connectivity index (χ0) is 24.1. The second-order valence-corrected chi connectivity index (χ2v) is 9.86. The molecule has 4 aromatic rings. The molecule has 0 saturated heterocycles. The Morgan fingerprint density at radius 2 is 1.65 bits per heavy atom. The van der Waals surface area contributed by atoms with Gasteiger partial charge in [0.2, 0.25) is 10.0 Å². The molecule has 7 nitrogen and oxygen atoms in total. The lowest BCUT2D eigenvalue weighted by Gasteiger charge is -2.22. The number of aryl methyl sites for hydroxylation is 1. The Kier molecular flexibility index (Phi) is 6.79. The summed E-state index contributed by atoms with van der Waals surface area (Å²) in [6, 6.07) is 23.8. The third kappa shape index (κ3) is 5.35. The summed E-state index contributed by atoms with van der Waals surface area (Å²) in [5.74, 6) is 0.623. The van der Waals surface area contributed by atoms with Crippen molar-refractivity contribution in [3.8, 4) is 5.69 Å². The standard InChI is InChI=1S/C26H26N4O3S/c1-20-27-16-17-29(20)25-11-7-6-10-23(25)18-28-26(31)22-12-14-24(15-13-22)30(34(2,32)33)19-21-8-4-3-5-9-21/h3-17H,18-19H2,1-2H3,(H,28,31). The van der Waals surface area contributed by atoms with Crippen LogP contribution in [0.5, 0.6) is 0 Å². The fraction of sp³-hybridized carbons (Fsp3) is 0.154. The second kappa shape index (κ2) is 9.93. The Morgan fingerprint density at radius 1 is 0.971 bits per heavy atom. The molecule has 0 aliphatic carbocycles. The van der Waals surface area contributed by atoms with Crippen molar-refractivity contribution in [3.05, 3.63) is 114 Å². The number of amides is 1. The van der Waals surface area contributed by atoms with E-state index in [4.69, 9.17) is 0 Å². The molecule has 0 aliphatic heterocycles. The highest BCUT2D eigenvalue weighted by molar-refractivity contribution is 7.92. The first-order valence-electron chi connectivity index (χ1n) is 10.8. The topological polar surface area (TPSA) is 84.3 Å². The van der Waals surface area contributed by atoms with Crippen molar-refractivity contribution >= 4 is 21.6 Å². The molecular weight excluding hydrogens is 448 g/mol. The molecule has 0 aliphatic rings. The van der Waals surface area contributed by atoms with E-state index in [1.807, 2.05) is 72.3 Å². The van der Waals surface area contributed by atoms with Crippen molar-refractivity contribution in [3.63, 3.8) is 0 Å². The number of aromatic nitrogens is 2. The fourth-order valence-electron chi connectivity index (χ4n) is 3.73. The number of rotatable bonds is 8. The number of para-hydroxylation sites is 1. The summed E-state index contributed by atoms with van der Waals surface area (Å²) >= 11 is 0. The third-order valence-electron chi connectivity index (χ3n) is 5.50. The molecule has 1 heterocycles. The molecule has 0 unspecified atom stereocenters. The van der Waals surface area contributed by atoms with Gasteiger partial charge < -0.3 is 9.88 Å². The summed E-state index contributed by atoms with van der Waals surface area (Å²) in [5, 5.41) is 2.95. The number of carbonyl (C=O) groups excluding carboxylic acids is 1. The molecule has 3 aromatic carbocycles. The first-order chi connectivity index (χ1) is 16.3. The van der Waals surface area contributed by atoms with E-state index < -0.39 is 10.0 Å². The van der Waals surface area contributed by atoms with Gasteiger partial charge in [-0.05, 0) is 48.4 Å². The van der Waals surface area contributed by atoms with Crippen LogP contribution in [-0.4, -0.2) is 30.1 Å². The minimum absolute atomic E-state index is 0.218. The molecule has 0 saturated carbocycles. The van der Waals surface area contributed by atoms with Crippen LogP contribution in [0.25, 0.3) is 5.69 Å². The highest BCUT2D eigenvalue weighted by Crippen LogP contribution is 2.22. The molecule has 0 bridgehead atoms.